The highest BCUT2D eigenvalue weighted by molar-refractivity contribution is 5.34. The normalized spacial score (nSPS) is 12.6. The van der Waals surface area contributed by atoms with Crippen molar-refractivity contribution in [3.05, 3.63) is 29.6 Å². The average Bonchev–Trinajstić information content (AvgIpc) is 2.40. The van der Waals surface area contributed by atoms with Gasteiger partial charge in [0, 0.05) is 11.6 Å². The number of nitrogens with one attached hydrogen (secondary N) is 1. The monoisotopic (exact) mass is 267 g/mol. The van der Waals surface area contributed by atoms with Gasteiger partial charge in [-0.2, -0.15) is 0 Å². The lowest BCUT2D eigenvalue weighted by Gasteiger charge is -2.15. The maximum atomic E-state index is 13.1. The zero-order valence-electron chi connectivity index (χ0n) is 12.1. The molecule has 0 heterocycles. The van der Waals surface area contributed by atoms with Crippen molar-refractivity contribution in [2.24, 2.45) is 0 Å². The number of rotatable bonds is 9. The lowest BCUT2D eigenvalue weighted by molar-refractivity contribution is 0.446. The first-order valence-corrected chi connectivity index (χ1v) is 7.37. The van der Waals surface area contributed by atoms with E-state index in [0.29, 0.717) is 5.56 Å². The molecule has 0 aliphatic rings. The maximum Gasteiger partial charge on any atom is 0.123 e. The lowest BCUT2D eigenvalue weighted by atomic mass is 10.1. The summed E-state index contributed by atoms with van der Waals surface area (Å²) < 4.78 is 13.1. The van der Waals surface area contributed by atoms with Crippen LogP contribution in [0.4, 0.5) is 4.39 Å². The number of benzene rings is 1. The topological polar surface area (TPSA) is 32.3 Å². The molecular weight excluding hydrogens is 241 g/mol. The van der Waals surface area contributed by atoms with E-state index in [1.165, 1.54) is 50.3 Å². The van der Waals surface area contributed by atoms with Crippen LogP contribution in [0.15, 0.2) is 18.2 Å². The molecule has 1 rings (SSSR count). The molecule has 2 N–H and O–H groups in total. The van der Waals surface area contributed by atoms with Gasteiger partial charge >= 0.3 is 0 Å². The van der Waals surface area contributed by atoms with Gasteiger partial charge in [-0.15, -0.1) is 0 Å². The van der Waals surface area contributed by atoms with E-state index in [1.54, 1.807) is 0 Å². The Balaban J connectivity index is 2.23. The predicted octanol–water partition coefficient (Wildman–Crippen LogP) is 4.54. The molecule has 0 saturated heterocycles. The Hall–Kier alpha value is -1.09. The Labute approximate surface area is 116 Å². The molecule has 0 spiro atoms. The van der Waals surface area contributed by atoms with Gasteiger partial charge in [-0.3, -0.25) is 0 Å². The van der Waals surface area contributed by atoms with Crippen molar-refractivity contribution in [2.75, 3.05) is 6.54 Å². The van der Waals surface area contributed by atoms with Gasteiger partial charge < -0.3 is 10.4 Å². The Morgan fingerprint density at radius 1 is 1.16 bits per heavy atom. The zero-order chi connectivity index (χ0) is 14.1. The molecule has 0 saturated carbocycles. The second-order valence-electron chi connectivity index (χ2n) is 5.15. The summed E-state index contributed by atoms with van der Waals surface area (Å²) in [5.74, 6) is -0.148. The third-order valence-corrected chi connectivity index (χ3v) is 3.44. The summed E-state index contributed by atoms with van der Waals surface area (Å²) in [7, 11) is 0. The smallest absolute Gasteiger partial charge is 0.123 e. The minimum Gasteiger partial charge on any atom is -0.508 e. The number of aromatic hydroxyl groups is 1. The van der Waals surface area contributed by atoms with Crippen LogP contribution in [0, 0.1) is 5.82 Å². The number of phenolic OH excluding ortho intramolecular Hbond substituents is 1. The van der Waals surface area contributed by atoms with Crippen molar-refractivity contribution in [1.29, 1.82) is 0 Å². The van der Waals surface area contributed by atoms with Crippen LogP contribution < -0.4 is 5.32 Å². The van der Waals surface area contributed by atoms with Crippen LogP contribution in [-0.2, 0) is 0 Å². The van der Waals surface area contributed by atoms with Gasteiger partial charge in [0.2, 0.25) is 0 Å². The molecule has 1 aromatic carbocycles. The maximum absolute atomic E-state index is 13.1. The van der Waals surface area contributed by atoms with Gasteiger partial charge in [0.15, 0.2) is 0 Å². The predicted molar refractivity (Wildman–Crippen MR) is 77.9 cm³/mol. The summed E-state index contributed by atoms with van der Waals surface area (Å²) in [6.07, 6.45) is 7.56. The molecule has 1 aromatic rings. The van der Waals surface area contributed by atoms with Crippen LogP contribution >= 0.6 is 0 Å². The van der Waals surface area contributed by atoms with E-state index >= 15 is 0 Å². The lowest BCUT2D eigenvalue weighted by Crippen LogP contribution is -2.20. The highest BCUT2D eigenvalue weighted by Crippen LogP contribution is 2.24. The van der Waals surface area contributed by atoms with E-state index in [4.69, 9.17) is 0 Å². The number of hydrogen-bond donors (Lipinski definition) is 2. The van der Waals surface area contributed by atoms with Crippen LogP contribution in [-0.4, -0.2) is 11.7 Å². The molecule has 0 radical (unpaired) electrons. The quantitative estimate of drug-likeness (QED) is 0.644. The van der Waals surface area contributed by atoms with E-state index in [-0.39, 0.29) is 17.6 Å². The second kappa shape index (κ2) is 8.92. The molecule has 1 unspecified atom stereocenters. The molecule has 2 nitrogen and oxygen atoms in total. The molecule has 108 valence electrons. The van der Waals surface area contributed by atoms with E-state index in [9.17, 15) is 9.50 Å². The Morgan fingerprint density at radius 3 is 2.58 bits per heavy atom. The molecule has 19 heavy (non-hydrogen) atoms. The summed E-state index contributed by atoms with van der Waals surface area (Å²) >= 11 is 0. The second-order valence-corrected chi connectivity index (χ2v) is 5.15. The standard InChI is InChI=1S/C16H26FNO/c1-3-4-5-6-7-8-11-18-13(2)15-12-14(17)9-10-16(15)19/h9-10,12-13,18-19H,3-8,11H2,1-2H3. The fourth-order valence-electron chi connectivity index (χ4n) is 2.21. The van der Waals surface area contributed by atoms with Gasteiger partial charge in [-0.25, -0.2) is 4.39 Å². The zero-order valence-corrected chi connectivity index (χ0v) is 12.1. The highest BCUT2D eigenvalue weighted by Gasteiger charge is 2.10. The highest BCUT2D eigenvalue weighted by atomic mass is 19.1. The van der Waals surface area contributed by atoms with Crippen LogP contribution in [0.25, 0.3) is 0 Å². The van der Waals surface area contributed by atoms with Crippen LogP contribution in [0.3, 0.4) is 0 Å². The van der Waals surface area contributed by atoms with Crippen molar-refractivity contribution in [3.63, 3.8) is 0 Å². The molecule has 1 atom stereocenters. The van der Waals surface area contributed by atoms with Gasteiger partial charge in [-0.1, -0.05) is 39.0 Å². The summed E-state index contributed by atoms with van der Waals surface area (Å²) in [6.45, 7) is 5.07. The van der Waals surface area contributed by atoms with Crippen LogP contribution in [0.2, 0.25) is 0 Å². The summed E-state index contributed by atoms with van der Waals surface area (Å²) in [5, 5.41) is 13.0. The van der Waals surface area contributed by atoms with Crippen molar-refractivity contribution in [3.8, 4) is 5.75 Å². The fraction of sp³-hybridized carbons (Fsp3) is 0.625. The number of hydrogen-bond acceptors (Lipinski definition) is 2. The number of halogens is 1. The number of unbranched alkanes of at least 4 members (excludes halogenated alkanes) is 5. The molecule has 3 heteroatoms. The van der Waals surface area contributed by atoms with Gasteiger partial charge in [0.05, 0.1) is 0 Å². The van der Waals surface area contributed by atoms with Crippen LogP contribution in [0.1, 0.15) is 64.0 Å². The Morgan fingerprint density at radius 2 is 1.84 bits per heavy atom. The van der Waals surface area contributed by atoms with E-state index in [1.807, 2.05) is 6.92 Å². The Kier molecular flexibility index (Phi) is 7.49. The molecule has 0 fully saturated rings. The first kappa shape index (κ1) is 16.0. The van der Waals surface area contributed by atoms with Gasteiger partial charge in [0.1, 0.15) is 11.6 Å². The summed E-state index contributed by atoms with van der Waals surface area (Å²) in [5.41, 5.74) is 0.631. The molecule has 0 bridgehead atoms. The molecule has 0 aromatic heterocycles. The first-order chi connectivity index (χ1) is 9.15. The minimum absolute atomic E-state index is 0.0219. The van der Waals surface area contributed by atoms with Crippen molar-refractivity contribution >= 4 is 0 Å². The third-order valence-electron chi connectivity index (χ3n) is 3.44. The Bertz CT molecular complexity index is 368. The van der Waals surface area contributed by atoms with Gasteiger partial charge in [-0.05, 0) is 38.1 Å². The first-order valence-electron chi connectivity index (χ1n) is 7.37. The number of phenols is 1. The molecule has 0 aliphatic heterocycles. The summed E-state index contributed by atoms with van der Waals surface area (Å²) in [4.78, 5) is 0. The van der Waals surface area contributed by atoms with E-state index in [2.05, 4.69) is 12.2 Å². The van der Waals surface area contributed by atoms with E-state index in [0.717, 1.165) is 13.0 Å². The molecule has 0 aliphatic carbocycles. The third kappa shape index (κ3) is 6.06. The summed E-state index contributed by atoms with van der Waals surface area (Å²) in [6, 6.07) is 4.06. The SMILES string of the molecule is CCCCCCCCNC(C)c1cc(F)ccc1O. The average molecular weight is 267 g/mol. The fourth-order valence-corrected chi connectivity index (χ4v) is 2.21. The van der Waals surface area contributed by atoms with Crippen molar-refractivity contribution in [1.82, 2.24) is 5.32 Å². The van der Waals surface area contributed by atoms with Crippen LogP contribution in [0.5, 0.6) is 5.75 Å². The largest absolute Gasteiger partial charge is 0.508 e. The van der Waals surface area contributed by atoms with E-state index < -0.39 is 0 Å². The van der Waals surface area contributed by atoms with Gasteiger partial charge in [0.25, 0.3) is 0 Å². The molecule has 0 amide bonds. The van der Waals surface area contributed by atoms with Crippen molar-refractivity contribution < 1.29 is 9.50 Å². The van der Waals surface area contributed by atoms with Crippen molar-refractivity contribution in [2.45, 2.75) is 58.4 Å². The molecular formula is C16H26FNO. The minimum atomic E-state index is -0.305.